The first-order chi connectivity index (χ1) is 16.1. The van der Waals surface area contributed by atoms with E-state index in [0.29, 0.717) is 17.9 Å². The Morgan fingerprint density at radius 1 is 1.09 bits per heavy atom. The van der Waals surface area contributed by atoms with E-state index in [1.165, 1.54) is 0 Å². The highest BCUT2D eigenvalue weighted by Crippen LogP contribution is 2.33. The number of benzene rings is 1. The van der Waals surface area contributed by atoms with Crippen molar-refractivity contribution in [3.8, 4) is 28.4 Å². The molecule has 0 bridgehead atoms. The summed E-state index contributed by atoms with van der Waals surface area (Å²) in [6.45, 7) is 0.687. The smallest absolute Gasteiger partial charge is 0.254 e. The molecule has 0 radical (unpaired) electrons. The number of hydrogen-bond acceptors (Lipinski definition) is 6. The minimum atomic E-state index is -0.0973. The summed E-state index contributed by atoms with van der Waals surface area (Å²) >= 11 is 0. The number of nitrogens with zero attached hydrogens (tertiary/aromatic N) is 6. The highest BCUT2D eigenvalue weighted by Gasteiger charge is 2.32. The molecule has 4 heterocycles. The molecule has 1 amide bonds. The fourth-order valence-electron chi connectivity index (χ4n) is 4.22. The third-order valence-corrected chi connectivity index (χ3v) is 5.87. The van der Waals surface area contributed by atoms with E-state index >= 15 is 0 Å². The summed E-state index contributed by atoms with van der Waals surface area (Å²) in [6.07, 6.45) is 8.85. The number of hydrogen-bond donors (Lipinski definition) is 0. The topological polar surface area (TPSA) is 86.0 Å². The van der Waals surface area contributed by atoms with Crippen molar-refractivity contribution in [1.82, 2.24) is 29.6 Å². The van der Waals surface area contributed by atoms with Gasteiger partial charge < -0.3 is 9.64 Å². The second-order valence-electron chi connectivity index (χ2n) is 8.03. The van der Waals surface area contributed by atoms with Crippen LogP contribution in [0.1, 0.15) is 34.9 Å². The van der Waals surface area contributed by atoms with Crippen molar-refractivity contribution in [2.45, 2.75) is 18.9 Å². The molecule has 1 saturated heterocycles. The number of aryl methyl sites for hydroxylation is 1. The van der Waals surface area contributed by atoms with Crippen LogP contribution in [0.4, 0.5) is 0 Å². The SMILES string of the molecule is COc1cccc(-c2nccc(C3CCCN3C(=O)c3ccnc(-c4cnn(C)c4)c3)n2)c1. The van der Waals surface area contributed by atoms with E-state index in [1.807, 2.05) is 54.5 Å². The molecule has 3 aromatic heterocycles. The molecule has 0 aliphatic carbocycles. The first kappa shape index (κ1) is 20.8. The van der Waals surface area contributed by atoms with Crippen LogP contribution in [0.2, 0.25) is 0 Å². The molecular weight excluding hydrogens is 416 g/mol. The van der Waals surface area contributed by atoms with Crippen LogP contribution in [0.25, 0.3) is 22.6 Å². The van der Waals surface area contributed by atoms with Crippen LogP contribution in [0.3, 0.4) is 0 Å². The summed E-state index contributed by atoms with van der Waals surface area (Å²) in [5.74, 6) is 1.35. The molecule has 8 nitrogen and oxygen atoms in total. The minimum absolute atomic E-state index is 0.0217. The van der Waals surface area contributed by atoms with Crippen LogP contribution in [0.15, 0.2) is 67.3 Å². The summed E-state index contributed by atoms with van der Waals surface area (Å²) in [4.78, 5) is 29.0. The van der Waals surface area contributed by atoms with Gasteiger partial charge in [0.25, 0.3) is 5.91 Å². The maximum Gasteiger partial charge on any atom is 0.254 e. The Labute approximate surface area is 191 Å². The Morgan fingerprint density at radius 2 is 1.97 bits per heavy atom. The Bertz CT molecular complexity index is 1300. The standard InChI is InChI=1S/C25H24N6O2/c1-30-16-19(15-28-30)22-14-18(8-10-26-22)25(32)31-12-4-7-23(31)21-9-11-27-24(29-21)17-5-3-6-20(13-17)33-2/h3,5-6,8-11,13-16,23H,4,7,12H2,1-2H3. The van der Waals surface area contributed by atoms with Gasteiger partial charge in [0, 0.05) is 48.9 Å². The Kier molecular flexibility index (Phi) is 5.56. The van der Waals surface area contributed by atoms with Crippen molar-refractivity contribution in [2.24, 2.45) is 7.05 Å². The lowest BCUT2D eigenvalue weighted by atomic mass is 10.1. The Morgan fingerprint density at radius 3 is 2.79 bits per heavy atom. The number of amides is 1. The van der Waals surface area contributed by atoms with E-state index in [-0.39, 0.29) is 11.9 Å². The first-order valence-corrected chi connectivity index (χ1v) is 10.9. The average molecular weight is 441 g/mol. The maximum absolute atomic E-state index is 13.5. The van der Waals surface area contributed by atoms with E-state index in [9.17, 15) is 4.79 Å². The van der Waals surface area contributed by atoms with Crippen molar-refractivity contribution in [1.29, 1.82) is 0 Å². The maximum atomic E-state index is 13.5. The predicted molar refractivity (Wildman–Crippen MR) is 123 cm³/mol. The molecule has 1 aliphatic heterocycles. The number of carbonyl (C=O) groups is 1. The van der Waals surface area contributed by atoms with Gasteiger partial charge in [-0.15, -0.1) is 0 Å². The van der Waals surface area contributed by atoms with Crippen molar-refractivity contribution < 1.29 is 9.53 Å². The third kappa shape index (κ3) is 4.19. The van der Waals surface area contributed by atoms with Gasteiger partial charge in [-0.2, -0.15) is 5.10 Å². The summed E-state index contributed by atoms with van der Waals surface area (Å²) < 4.78 is 7.05. The second kappa shape index (κ2) is 8.82. The minimum Gasteiger partial charge on any atom is -0.497 e. The van der Waals surface area contributed by atoms with Crippen molar-refractivity contribution in [3.63, 3.8) is 0 Å². The van der Waals surface area contributed by atoms with Gasteiger partial charge >= 0.3 is 0 Å². The quantitative estimate of drug-likeness (QED) is 0.468. The van der Waals surface area contributed by atoms with Crippen LogP contribution in [0.5, 0.6) is 5.75 Å². The number of aromatic nitrogens is 5. The third-order valence-electron chi connectivity index (χ3n) is 5.87. The molecule has 1 aromatic carbocycles. The highest BCUT2D eigenvalue weighted by molar-refractivity contribution is 5.95. The van der Waals surface area contributed by atoms with E-state index in [2.05, 4.69) is 15.1 Å². The van der Waals surface area contributed by atoms with Gasteiger partial charge in [0.15, 0.2) is 5.82 Å². The molecule has 4 aromatic rings. The highest BCUT2D eigenvalue weighted by atomic mass is 16.5. The predicted octanol–water partition coefficient (Wildman–Crippen LogP) is 3.93. The van der Waals surface area contributed by atoms with E-state index in [0.717, 1.165) is 41.1 Å². The van der Waals surface area contributed by atoms with Crippen molar-refractivity contribution in [3.05, 3.63) is 78.5 Å². The number of methoxy groups -OCH3 is 1. The molecule has 0 N–H and O–H groups in total. The lowest BCUT2D eigenvalue weighted by Gasteiger charge is -2.24. The molecule has 0 spiro atoms. The molecule has 1 atom stereocenters. The second-order valence-corrected chi connectivity index (χ2v) is 8.03. The zero-order chi connectivity index (χ0) is 22.8. The van der Waals surface area contributed by atoms with E-state index < -0.39 is 0 Å². The van der Waals surface area contributed by atoms with Gasteiger partial charge in [0.05, 0.1) is 30.7 Å². The average Bonchev–Trinajstić information content (AvgIpc) is 3.53. The number of carbonyl (C=O) groups excluding carboxylic acids is 1. The van der Waals surface area contributed by atoms with Gasteiger partial charge in [0.1, 0.15) is 5.75 Å². The van der Waals surface area contributed by atoms with Crippen LogP contribution >= 0.6 is 0 Å². The molecule has 1 unspecified atom stereocenters. The van der Waals surface area contributed by atoms with Crippen LogP contribution in [-0.2, 0) is 7.05 Å². The lowest BCUT2D eigenvalue weighted by molar-refractivity contribution is 0.0733. The normalized spacial score (nSPS) is 15.6. The number of rotatable bonds is 5. The van der Waals surface area contributed by atoms with Crippen molar-refractivity contribution in [2.75, 3.05) is 13.7 Å². The lowest BCUT2D eigenvalue weighted by Crippen LogP contribution is -2.31. The fourth-order valence-corrected chi connectivity index (χ4v) is 4.22. The Balaban J connectivity index is 1.42. The monoisotopic (exact) mass is 440 g/mol. The molecule has 0 saturated carbocycles. The fraction of sp³-hybridized carbons (Fsp3) is 0.240. The zero-order valence-electron chi connectivity index (χ0n) is 18.5. The summed E-state index contributed by atoms with van der Waals surface area (Å²) in [5, 5.41) is 4.20. The molecule has 166 valence electrons. The molecular formula is C25H24N6O2. The largest absolute Gasteiger partial charge is 0.497 e. The molecule has 8 heteroatoms. The van der Waals surface area contributed by atoms with Gasteiger partial charge in [-0.25, -0.2) is 9.97 Å². The van der Waals surface area contributed by atoms with Gasteiger partial charge in [0.2, 0.25) is 0 Å². The summed E-state index contributed by atoms with van der Waals surface area (Å²) in [5.41, 5.74) is 3.94. The van der Waals surface area contributed by atoms with Gasteiger partial charge in [-0.1, -0.05) is 12.1 Å². The first-order valence-electron chi connectivity index (χ1n) is 10.9. The van der Waals surface area contributed by atoms with Gasteiger partial charge in [-0.3, -0.25) is 14.5 Å². The molecule has 1 aliphatic rings. The molecule has 1 fully saturated rings. The summed E-state index contributed by atoms with van der Waals surface area (Å²) in [6, 6.07) is 13.1. The van der Waals surface area contributed by atoms with Crippen LogP contribution < -0.4 is 4.74 Å². The Hall–Kier alpha value is -4.07. The number of likely N-dealkylation sites (tertiary alicyclic amines) is 1. The zero-order valence-corrected chi connectivity index (χ0v) is 18.5. The molecule has 5 rings (SSSR count). The van der Waals surface area contributed by atoms with Crippen LogP contribution in [0, 0.1) is 0 Å². The van der Waals surface area contributed by atoms with E-state index in [4.69, 9.17) is 9.72 Å². The van der Waals surface area contributed by atoms with Crippen molar-refractivity contribution >= 4 is 5.91 Å². The molecule has 33 heavy (non-hydrogen) atoms. The summed E-state index contributed by atoms with van der Waals surface area (Å²) in [7, 11) is 3.49. The van der Waals surface area contributed by atoms with Crippen LogP contribution in [-0.4, -0.2) is 49.2 Å². The number of pyridine rings is 1. The number of ether oxygens (including phenoxy) is 1. The van der Waals surface area contributed by atoms with Gasteiger partial charge in [-0.05, 0) is 43.2 Å². The van der Waals surface area contributed by atoms with E-state index in [1.54, 1.807) is 36.4 Å².